The van der Waals surface area contributed by atoms with E-state index in [2.05, 4.69) is 0 Å². The van der Waals surface area contributed by atoms with Gasteiger partial charge in [0.25, 0.3) is 0 Å². The minimum Gasteiger partial charge on any atom is -0.261 e. The highest BCUT2D eigenvalue weighted by Crippen LogP contribution is 2.51. The lowest BCUT2D eigenvalue weighted by molar-refractivity contribution is -0.146. The van der Waals surface area contributed by atoms with E-state index in [9.17, 15) is 9.18 Å². The van der Waals surface area contributed by atoms with Crippen LogP contribution >= 0.6 is 0 Å². The number of hydrogen-bond acceptors (Lipinski definition) is 1. The predicted octanol–water partition coefficient (Wildman–Crippen LogP) is 3.09. The van der Waals surface area contributed by atoms with Crippen LogP contribution in [-0.2, 0) is 4.79 Å². The standard InChI is InChI=1S/C10H17FO/c1-9(2,3)10(8(11)12)6-4-5-7-10/h4-7H2,1-3H3. The fourth-order valence-electron chi connectivity index (χ4n) is 2.22. The molecule has 0 N–H and O–H groups in total. The van der Waals surface area contributed by atoms with Crippen molar-refractivity contribution in [2.75, 3.05) is 0 Å². The number of carbonyl (C=O) groups is 1. The van der Waals surface area contributed by atoms with Crippen LogP contribution in [0, 0.1) is 10.8 Å². The summed E-state index contributed by atoms with van der Waals surface area (Å²) in [4.78, 5) is 10.9. The highest BCUT2D eigenvalue weighted by molar-refractivity contribution is 5.76. The van der Waals surface area contributed by atoms with Gasteiger partial charge in [0.2, 0.25) is 0 Å². The van der Waals surface area contributed by atoms with E-state index >= 15 is 0 Å². The van der Waals surface area contributed by atoms with Gasteiger partial charge in [-0.25, -0.2) is 0 Å². The Morgan fingerprint density at radius 3 is 1.83 bits per heavy atom. The summed E-state index contributed by atoms with van der Waals surface area (Å²) in [6, 6.07) is -1.10. The number of halogens is 1. The Morgan fingerprint density at radius 2 is 1.67 bits per heavy atom. The zero-order chi connectivity index (χ0) is 9.41. The lowest BCUT2D eigenvalue weighted by atomic mass is 9.66. The van der Waals surface area contributed by atoms with Gasteiger partial charge in [0.05, 0.1) is 5.41 Å². The third kappa shape index (κ3) is 1.27. The molecule has 1 aliphatic rings. The van der Waals surface area contributed by atoms with Gasteiger partial charge in [0, 0.05) is 0 Å². The molecule has 1 fully saturated rings. The Morgan fingerprint density at radius 1 is 1.25 bits per heavy atom. The van der Waals surface area contributed by atoms with Crippen LogP contribution in [0.5, 0.6) is 0 Å². The van der Waals surface area contributed by atoms with Crippen LogP contribution in [0.4, 0.5) is 4.39 Å². The maximum Gasteiger partial charge on any atom is 0.308 e. The average molecular weight is 172 g/mol. The first-order valence-corrected chi connectivity index (χ1v) is 4.60. The normalized spacial score (nSPS) is 22.7. The van der Waals surface area contributed by atoms with Crippen LogP contribution < -0.4 is 0 Å². The summed E-state index contributed by atoms with van der Waals surface area (Å²) in [6.45, 7) is 5.86. The van der Waals surface area contributed by atoms with Gasteiger partial charge in [-0.2, -0.15) is 4.39 Å². The summed E-state index contributed by atoms with van der Waals surface area (Å²) in [6.07, 6.45) is 3.44. The van der Waals surface area contributed by atoms with Crippen molar-refractivity contribution in [1.82, 2.24) is 0 Å². The minimum absolute atomic E-state index is 0.227. The zero-order valence-corrected chi connectivity index (χ0v) is 8.11. The van der Waals surface area contributed by atoms with E-state index in [0.29, 0.717) is 0 Å². The molecule has 0 unspecified atom stereocenters. The van der Waals surface area contributed by atoms with E-state index in [0.717, 1.165) is 25.7 Å². The van der Waals surface area contributed by atoms with Crippen molar-refractivity contribution in [2.45, 2.75) is 46.5 Å². The lowest BCUT2D eigenvalue weighted by Gasteiger charge is -2.37. The van der Waals surface area contributed by atoms with Gasteiger partial charge >= 0.3 is 6.04 Å². The summed E-state index contributed by atoms with van der Waals surface area (Å²) >= 11 is 0. The summed E-state index contributed by atoms with van der Waals surface area (Å²) in [5.41, 5.74) is -0.900. The first kappa shape index (κ1) is 9.69. The first-order chi connectivity index (χ1) is 5.40. The van der Waals surface area contributed by atoms with E-state index in [1.54, 1.807) is 0 Å². The zero-order valence-electron chi connectivity index (χ0n) is 8.11. The van der Waals surface area contributed by atoms with Crippen molar-refractivity contribution in [3.8, 4) is 0 Å². The Balaban J connectivity index is 2.94. The van der Waals surface area contributed by atoms with E-state index in [-0.39, 0.29) is 5.41 Å². The molecule has 0 saturated heterocycles. The monoisotopic (exact) mass is 172 g/mol. The maximum absolute atomic E-state index is 12.9. The molecule has 0 amide bonds. The van der Waals surface area contributed by atoms with Gasteiger partial charge in [-0.3, -0.25) is 4.79 Å². The van der Waals surface area contributed by atoms with Gasteiger partial charge in [0.1, 0.15) is 0 Å². The maximum atomic E-state index is 12.9. The molecule has 0 aromatic rings. The highest BCUT2D eigenvalue weighted by atomic mass is 19.1. The second kappa shape index (κ2) is 2.82. The Hall–Kier alpha value is -0.400. The highest BCUT2D eigenvalue weighted by Gasteiger charge is 2.50. The fraction of sp³-hybridized carbons (Fsp3) is 0.900. The van der Waals surface area contributed by atoms with Crippen molar-refractivity contribution in [2.24, 2.45) is 10.8 Å². The molecule has 0 aliphatic heterocycles. The van der Waals surface area contributed by atoms with Crippen LogP contribution in [-0.4, -0.2) is 6.04 Å². The molecule has 0 aromatic heterocycles. The molecule has 0 heterocycles. The Labute approximate surface area is 73.3 Å². The second-order valence-corrected chi connectivity index (χ2v) is 4.81. The second-order valence-electron chi connectivity index (χ2n) is 4.81. The quantitative estimate of drug-likeness (QED) is 0.555. The molecule has 0 aromatic carbocycles. The third-order valence-corrected chi connectivity index (χ3v) is 3.27. The van der Waals surface area contributed by atoms with Gasteiger partial charge in [-0.05, 0) is 18.3 Å². The van der Waals surface area contributed by atoms with E-state index in [1.165, 1.54) is 0 Å². The van der Waals surface area contributed by atoms with Gasteiger partial charge < -0.3 is 0 Å². The molecule has 0 atom stereocenters. The largest absolute Gasteiger partial charge is 0.308 e. The van der Waals surface area contributed by atoms with Crippen LogP contribution in [0.3, 0.4) is 0 Å². The summed E-state index contributed by atoms with van der Waals surface area (Å²) < 4.78 is 12.9. The van der Waals surface area contributed by atoms with Gasteiger partial charge in [0.15, 0.2) is 0 Å². The van der Waals surface area contributed by atoms with Crippen molar-refractivity contribution in [3.05, 3.63) is 0 Å². The molecule has 0 radical (unpaired) electrons. The smallest absolute Gasteiger partial charge is 0.261 e. The van der Waals surface area contributed by atoms with Crippen LogP contribution in [0.15, 0.2) is 0 Å². The summed E-state index contributed by atoms with van der Waals surface area (Å²) in [5.74, 6) is 0. The Bertz CT molecular complexity index is 185. The molecule has 1 nitrogen and oxygen atoms in total. The van der Waals surface area contributed by atoms with E-state index in [4.69, 9.17) is 0 Å². The van der Waals surface area contributed by atoms with E-state index in [1.807, 2.05) is 20.8 Å². The molecule has 70 valence electrons. The topological polar surface area (TPSA) is 17.1 Å². The number of carbonyl (C=O) groups excluding carboxylic acids is 1. The van der Waals surface area contributed by atoms with Crippen LogP contribution in [0.1, 0.15) is 46.5 Å². The van der Waals surface area contributed by atoms with Crippen molar-refractivity contribution >= 4 is 6.04 Å². The summed E-state index contributed by atoms with van der Waals surface area (Å²) in [7, 11) is 0. The van der Waals surface area contributed by atoms with Crippen molar-refractivity contribution < 1.29 is 9.18 Å². The average Bonchev–Trinajstić information content (AvgIpc) is 2.31. The molecular weight excluding hydrogens is 155 g/mol. The number of rotatable bonds is 1. The fourth-order valence-corrected chi connectivity index (χ4v) is 2.22. The van der Waals surface area contributed by atoms with Crippen molar-refractivity contribution in [3.63, 3.8) is 0 Å². The molecule has 1 saturated carbocycles. The molecule has 1 rings (SSSR count). The molecule has 12 heavy (non-hydrogen) atoms. The first-order valence-electron chi connectivity index (χ1n) is 4.60. The van der Waals surface area contributed by atoms with Gasteiger partial charge in [-0.15, -0.1) is 0 Å². The molecule has 1 aliphatic carbocycles. The van der Waals surface area contributed by atoms with Crippen LogP contribution in [0.2, 0.25) is 0 Å². The van der Waals surface area contributed by atoms with Gasteiger partial charge in [-0.1, -0.05) is 33.6 Å². The SMILES string of the molecule is CC(C)(C)C1(C(=O)F)CCCC1. The van der Waals surface area contributed by atoms with E-state index < -0.39 is 11.5 Å². The molecule has 0 spiro atoms. The third-order valence-electron chi connectivity index (χ3n) is 3.27. The van der Waals surface area contributed by atoms with Crippen molar-refractivity contribution in [1.29, 1.82) is 0 Å². The summed E-state index contributed by atoms with van der Waals surface area (Å²) in [5, 5.41) is 0. The Kier molecular flexibility index (Phi) is 2.28. The number of hydrogen-bond donors (Lipinski definition) is 0. The molecule has 0 bridgehead atoms. The van der Waals surface area contributed by atoms with Crippen LogP contribution in [0.25, 0.3) is 0 Å². The molecule has 2 heteroatoms. The minimum atomic E-state index is -1.10. The molecular formula is C10H17FO. The predicted molar refractivity (Wildman–Crippen MR) is 46.5 cm³/mol. The lowest BCUT2D eigenvalue weighted by Crippen LogP contribution is -2.38.